The molecule has 1 amide bonds. The second-order valence-corrected chi connectivity index (χ2v) is 6.19. The molecule has 0 radical (unpaired) electrons. The minimum absolute atomic E-state index is 0.270. The smallest absolute Gasteiger partial charge is 0.411 e. The first-order valence-electron chi connectivity index (χ1n) is 7.52. The number of rotatable bonds is 5. The summed E-state index contributed by atoms with van der Waals surface area (Å²) in [6.07, 6.45) is -0.869. The van der Waals surface area contributed by atoms with Crippen molar-refractivity contribution in [3.05, 3.63) is 0 Å². The number of ether oxygens (including phenoxy) is 4. The molecule has 3 atom stereocenters. The molecule has 0 aromatic rings. The molecule has 1 saturated heterocycles. The Bertz CT molecular complexity index is 392. The van der Waals surface area contributed by atoms with Crippen LogP contribution >= 0.6 is 0 Å². The Morgan fingerprint density at radius 3 is 2.45 bits per heavy atom. The molecule has 0 aliphatic carbocycles. The predicted octanol–water partition coefficient (Wildman–Crippen LogP) is 1.94. The van der Waals surface area contributed by atoms with Gasteiger partial charge in [0.15, 0.2) is 6.29 Å². The van der Waals surface area contributed by atoms with Crippen molar-refractivity contribution < 1.29 is 28.5 Å². The van der Waals surface area contributed by atoms with Crippen molar-refractivity contribution in [3.63, 3.8) is 0 Å². The van der Waals surface area contributed by atoms with Crippen LogP contribution in [0.1, 0.15) is 41.0 Å². The monoisotopic (exact) mass is 317 g/mol. The van der Waals surface area contributed by atoms with Crippen LogP contribution in [0.2, 0.25) is 0 Å². The molecule has 1 rings (SSSR count). The number of likely N-dealkylation sites (tertiary alicyclic amines) is 1. The second kappa shape index (κ2) is 7.78. The summed E-state index contributed by atoms with van der Waals surface area (Å²) < 4.78 is 21.1. The quantitative estimate of drug-likeness (QED) is 0.570. The Morgan fingerprint density at radius 2 is 1.95 bits per heavy atom. The first-order chi connectivity index (χ1) is 10.2. The molecule has 0 N–H and O–H groups in total. The number of hydrogen-bond acceptors (Lipinski definition) is 6. The number of carbonyl (C=O) groups excluding carboxylic acids is 2. The summed E-state index contributed by atoms with van der Waals surface area (Å²) in [6.45, 7) is 9.79. The maximum atomic E-state index is 12.3. The number of methoxy groups -OCH3 is 1. The van der Waals surface area contributed by atoms with E-state index in [4.69, 9.17) is 18.9 Å². The molecular formula is C15H27NO6. The van der Waals surface area contributed by atoms with Gasteiger partial charge in [0.05, 0.1) is 19.8 Å². The van der Waals surface area contributed by atoms with E-state index in [9.17, 15) is 9.59 Å². The van der Waals surface area contributed by atoms with Crippen molar-refractivity contribution in [2.45, 2.75) is 65.1 Å². The van der Waals surface area contributed by atoms with E-state index in [0.717, 1.165) is 0 Å². The van der Waals surface area contributed by atoms with Crippen LogP contribution < -0.4 is 0 Å². The maximum Gasteiger partial charge on any atom is 0.411 e. The van der Waals surface area contributed by atoms with Crippen LogP contribution in [0.4, 0.5) is 4.79 Å². The van der Waals surface area contributed by atoms with E-state index in [1.807, 2.05) is 6.92 Å². The Hall–Kier alpha value is -1.34. The molecule has 0 saturated carbocycles. The van der Waals surface area contributed by atoms with Gasteiger partial charge in [-0.1, -0.05) is 0 Å². The average Bonchev–Trinajstić information content (AvgIpc) is 2.80. The van der Waals surface area contributed by atoms with Crippen molar-refractivity contribution >= 4 is 12.1 Å². The van der Waals surface area contributed by atoms with E-state index in [1.54, 1.807) is 27.7 Å². The van der Waals surface area contributed by atoms with Crippen LogP contribution in [-0.4, -0.2) is 61.3 Å². The highest BCUT2D eigenvalue weighted by atomic mass is 16.7. The van der Waals surface area contributed by atoms with E-state index in [-0.39, 0.29) is 12.6 Å². The van der Waals surface area contributed by atoms with Crippen molar-refractivity contribution in [3.8, 4) is 0 Å². The molecule has 128 valence electrons. The summed E-state index contributed by atoms with van der Waals surface area (Å²) in [5, 5.41) is 0. The standard InChI is InChI=1S/C15H27NO6/c1-7-20-10(2)21-11-8-12(13(17)19-6)16(9-11)14(18)22-15(3,4)5/h10-12H,7-9H2,1-6H3/t10?,11-,12+/m1/s1. The van der Waals surface area contributed by atoms with Gasteiger partial charge in [0.25, 0.3) is 0 Å². The molecule has 1 unspecified atom stereocenters. The molecule has 0 spiro atoms. The van der Waals surface area contributed by atoms with Crippen LogP contribution in [0.25, 0.3) is 0 Å². The molecule has 1 fully saturated rings. The molecule has 22 heavy (non-hydrogen) atoms. The molecule has 7 nitrogen and oxygen atoms in total. The minimum atomic E-state index is -0.696. The molecule has 0 bridgehead atoms. The largest absolute Gasteiger partial charge is 0.467 e. The number of hydrogen-bond donors (Lipinski definition) is 0. The number of carbonyl (C=O) groups is 2. The lowest BCUT2D eigenvalue weighted by Crippen LogP contribution is -2.44. The topological polar surface area (TPSA) is 74.3 Å². The highest BCUT2D eigenvalue weighted by Crippen LogP contribution is 2.25. The van der Waals surface area contributed by atoms with Crippen LogP contribution in [0.15, 0.2) is 0 Å². The van der Waals surface area contributed by atoms with E-state index in [1.165, 1.54) is 12.0 Å². The maximum absolute atomic E-state index is 12.3. The van der Waals surface area contributed by atoms with E-state index >= 15 is 0 Å². The molecule has 1 aliphatic rings. The number of amides is 1. The van der Waals surface area contributed by atoms with Crippen molar-refractivity contribution in [2.24, 2.45) is 0 Å². The van der Waals surface area contributed by atoms with Crippen molar-refractivity contribution in [1.82, 2.24) is 4.90 Å². The van der Waals surface area contributed by atoms with Crippen LogP contribution in [-0.2, 0) is 23.7 Å². The zero-order chi connectivity index (χ0) is 16.9. The first kappa shape index (κ1) is 18.7. The number of nitrogens with zero attached hydrogens (tertiary/aromatic N) is 1. The first-order valence-corrected chi connectivity index (χ1v) is 7.52. The lowest BCUT2D eigenvalue weighted by atomic mass is 10.2. The fourth-order valence-electron chi connectivity index (χ4n) is 2.32. The highest BCUT2D eigenvalue weighted by Gasteiger charge is 2.43. The van der Waals surface area contributed by atoms with Gasteiger partial charge in [-0.25, -0.2) is 9.59 Å². The Balaban J connectivity index is 2.75. The zero-order valence-electron chi connectivity index (χ0n) is 14.3. The van der Waals surface area contributed by atoms with E-state index < -0.39 is 30.0 Å². The minimum Gasteiger partial charge on any atom is -0.467 e. The molecule has 7 heteroatoms. The summed E-state index contributed by atoms with van der Waals surface area (Å²) in [4.78, 5) is 25.5. The third kappa shape index (κ3) is 5.46. The molecule has 0 aromatic carbocycles. The SMILES string of the molecule is CCOC(C)O[C@@H]1C[C@@H](C(=O)OC)N(C(=O)OC(C)(C)C)C1. The highest BCUT2D eigenvalue weighted by molar-refractivity contribution is 5.82. The van der Waals surface area contributed by atoms with E-state index in [2.05, 4.69) is 0 Å². The van der Waals surface area contributed by atoms with Gasteiger partial charge in [0.1, 0.15) is 11.6 Å². The van der Waals surface area contributed by atoms with Crippen molar-refractivity contribution in [2.75, 3.05) is 20.3 Å². The second-order valence-electron chi connectivity index (χ2n) is 6.19. The van der Waals surface area contributed by atoms with Crippen LogP contribution in [0.3, 0.4) is 0 Å². The van der Waals surface area contributed by atoms with Crippen LogP contribution in [0, 0.1) is 0 Å². The van der Waals surface area contributed by atoms with Gasteiger partial charge < -0.3 is 18.9 Å². The van der Waals surface area contributed by atoms with Crippen molar-refractivity contribution in [1.29, 1.82) is 0 Å². The van der Waals surface area contributed by atoms with Gasteiger partial charge in [-0.15, -0.1) is 0 Å². The van der Waals surface area contributed by atoms with Gasteiger partial charge >= 0.3 is 12.1 Å². The summed E-state index contributed by atoms with van der Waals surface area (Å²) in [5.41, 5.74) is -0.630. The Labute approximate surface area is 131 Å². The summed E-state index contributed by atoms with van der Waals surface area (Å²) in [6, 6.07) is -0.696. The third-order valence-electron chi connectivity index (χ3n) is 3.15. The fraction of sp³-hybridized carbons (Fsp3) is 0.867. The fourth-order valence-corrected chi connectivity index (χ4v) is 2.32. The van der Waals surface area contributed by atoms with Crippen LogP contribution in [0.5, 0.6) is 0 Å². The van der Waals surface area contributed by atoms with Gasteiger partial charge in [-0.2, -0.15) is 0 Å². The average molecular weight is 317 g/mol. The molecule has 0 aromatic heterocycles. The third-order valence-corrected chi connectivity index (χ3v) is 3.15. The summed E-state index contributed by atoms with van der Waals surface area (Å²) in [5.74, 6) is -0.471. The lowest BCUT2D eigenvalue weighted by Gasteiger charge is -2.27. The van der Waals surface area contributed by atoms with Gasteiger partial charge in [-0.05, 0) is 34.6 Å². The molecule has 1 heterocycles. The zero-order valence-corrected chi connectivity index (χ0v) is 14.3. The lowest BCUT2D eigenvalue weighted by molar-refractivity contribution is -0.155. The van der Waals surface area contributed by atoms with Gasteiger partial charge in [0.2, 0.25) is 0 Å². The van der Waals surface area contributed by atoms with Gasteiger partial charge in [-0.3, -0.25) is 4.90 Å². The molecular weight excluding hydrogens is 290 g/mol. The molecule has 1 aliphatic heterocycles. The predicted molar refractivity (Wildman–Crippen MR) is 79.3 cm³/mol. The van der Waals surface area contributed by atoms with Gasteiger partial charge in [0, 0.05) is 13.0 Å². The normalized spacial score (nSPS) is 23.3. The number of esters is 1. The summed E-state index contributed by atoms with van der Waals surface area (Å²) in [7, 11) is 1.30. The Morgan fingerprint density at radius 1 is 1.32 bits per heavy atom. The van der Waals surface area contributed by atoms with E-state index in [0.29, 0.717) is 13.0 Å². The summed E-state index contributed by atoms with van der Waals surface area (Å²) >= 11 is 0. The Kier molecular flexibility index (Phi) is 6.62.